The Morgan fingerprint density at radius 1 is 1.29 bits per heavy atom. The van der Waals surface area contributed by atoms with Crippen molar-refractivity contribution in [1.29, 1.82) is 0 Å². The molecule has 0 aliphatic carbocycles. The fourth-order valence-corrected chi connectivity index (χ4v) is 2.78. The van der Waals surface area contributed by atoms with Gasteiger partial charge in [0.1, 0.15) is 0 Å². The molecule has 1 heterocycles. The van der Waals surface area contributed by atoms with Crippen molar-refractivity contribution in [2.75, 3.05) is 18.8 Å². The van der Waals surface area contributed by atoms with Crippen molar-refractivity contribution in [3.8, 4) is 0 Å². The molecule has 0 spiro atoms. The van der Waals surface area contributed by atoms with Crippen molar-refractivity contribution < 1.29 is 14.7 Å². The second kappa shape index (κ2) is 7.11. The Balaban J connectivity index is 1.77. The number of benzene rings is 1. The third-order valence-corrected chi connectivity index (χ3v) is 4.07. The number of rotatable bonds is 6. The minimum Gasteiger partial charge on any atom is -0.481 e. The van der Waals surface area contributed by atoms with Crippen LogP contribution in [0.2, 0.25) is 0 Å². The smallest absolute Gasteiger partial charge is 0.303 e. The second-order valence-electron chi connectivity index (χ2n) is 5.63. The Morgan fingerprint density at radius 3 is 2.76 bits per heavy atom. The number of hydrogen-bond acceptors (Lipinski definition) is 3. The van der Waals surface area contributed by atoms with Gasteiger partial charge in [0.05, 0.1) is 0 Å². The lowest BCUT2D eigenvalue weighted by atomic mass is 10.0. The van der Waals surface area contributed by atoms with Crippen LogP contribution in [-0.4, -0.2) is 35.0 Å². The first-order chi connectivity index (χ1) is 10.1. The van der Waals surface area contributed by atoms with E-state index in [1.165, 1.54) is 0 Å². The van der Waals surface area contributed by atoms with Crippen molar-refractivity contribution in [2.24, 2.45) is 5.92 Å². The van der Waals surface area contributed by atoms with Crippen LogP contribution in [0.4, 0.5) is 5.69 Å². The SMILES string of the molecule is Nc1ccccc1CCC(=O)N1CCC(CCC(=O)O)C1. The highest BCUT2D eigenvalue weighted by molar-refractivity contribution is 5.77. The number of carbonyl (C=O) groups excluding carboxylic acids is 1. The molecule has 2 rings (SSSR count). The zero-order chi connectivity index (χ0) is 15.2. The number of carbonyl (C=O) groups is 2. The summed E-state index contributed by atoms with van der Waals surface area (Å²) in [6, 6.07) is 7.60. The van der Waals surface area contributed by atoms with Crippen LogP contribution in [0.1, 0.15) is 31.2 Å². The maximum Gasteiger partial charge on any atom is 0.303 e. The maximum absolute atomic E-state index is 12.2. The number of para-hydroxylation sites is 1. The van der Waals surface area contributed by atoms with E-state index in [1.807, 2.05) is 29.2 Å². The Morgan fingerprint density at radius 2 is 2.05 bits per heavy atom. The lowest BCUT2D eigenvalue weighted by Crippen LogP contribution is -2.29. The number of aliphatic carboxylic acids is 1. The number of nitrogens with zero attached hydrogens (tertiary/aromatic N) is 1. The Labute approximate surface area is 124 Å². The Kier molecular flexibility index (Phi) is 5.20. The third kappa shape index (κ3) is 4.48. The van der Waals surface area contributed by atoms with E-state index < -0.39 is 5.97 Å². The van der Waals surface area contributed by atoms with Gasteiger partial charge in [-0.25, -0.2) is 0 Å². The summed E-state index contributed by atoms with van der Waals surface area (Å²) in [4.78, 5) is 24.6. The zero-order valence-corrected chi connectivity index (χ0v) is 12.1. The highest BCUT2D eigenvalue weighted by Crippen LogP contribution is 2.22. The molecule has 5 heteroatoms. The normalized spacial score (nSPS) is 17.9. The van der Waals surface area contributed by atoms with Crippen molar-refractivity contribution in [3.05, 3.63) is 29.8 Å². The summed E-state index contributed by atoms with van der Waals surface area (Å²) in [6.45, 7) is 1.43. The first-order valence-electron chi connectivity index (χ1n) is 7.39. The van der Waals surface area contributed by atoms with Crippen LogP contribution in [0.15, 0.2) is 24.3 Å². The minimum atomic E-state index is -0.765. The van der Waals surface area contributed by atoms with Crippen molar-refractivity contribution in [1.82, 2.24) is 4.90 Å². The van der Waals surface area contributed by atoms with Gasteiger partial charge in [-0.3, -0.25) is 9.59 Å². The summed E-state index contributed by atoms with van der Waals surface area (Å²) in [7, 11) is 0. The van der Waals surface area contributed by atoms with E-state index in [-0.39, 0.29) is 12.3 Å². The van der Waals surface area contributed by atoms with E-state index in [0.29, 0.717) is 31.7 Å². The van der Waals surface area contributed by atoms with Crippen LogP contribution < -0.4 is 5.73 Å². The number of nitrogen functional groups attached to an aromatic ring is 1. The maximum atomic E-state index is 12.2. The van der Waals surface area contributed by atoms with Crippen LogP contribution in [-0.2, 0) is 16.0 Å². The number of carboxylic acid groups (broad SMARTS) is 1. The third-order valence-electron chi connectivity index (χ3n) is 4.07. The lowest BCUT2D eigenvalue weighted by molar-refractivity contribution is -0.137. The van der Waals surface area contributed by atoms with Gasteiger partial charge < -0.3 is 15.7 Å². The predicted molar refractivity (Wildman–Crippen MR) is 80.7 cm³/mol. The van der Waals surface area contributed by atoms with Crippen LogP contribution >= 0.6 is 0 Å². The highest BCUT2D eigenvalue weighted by atomic mass is 16.4. The van der Waals surface area contributed by atoms with Crippen molar-refractivity contribution >= 4 is 17.6 Å². The van der Waals surface area contributed by atoms with Crippen LogP contribution in [0.5, 0.6) is 0 Å². The summed E-state index contributed by atoms with van der Waals surface area (Å²) in [5.41, 5.74) is 7.60. The number of amides is 1. The van der Waals surface area contributed by atoms with Gasteiger partial charge in [0.2, 0.25) is 5.91 Å². The Bertz CT molecular complexity index is 516. The molecular formula is C16H22N2O3. The molecule has 1 saturated heterocycles. The minimum absolute atomic E-state index is 0.135. The Hall–Kier alpha value is -2.04. The molecule has 1 aliphatic rings. The largest absolute Gasteiger partial charge is 0.481 e. The molecule has 1 aliphatic heterocycles. The number of nitrogens with two attached hydrogens (primary N) is 1. The molecule has 0 aromatic heterocycles. The van der Waals surface area contributed by atoms with Gasteiger partial charge in [0, 0.05) is 31.6 Å². The number of aryl methyl sites for hydroxylation is 1. The molecule has 0 saturated carbocycles. The second-order valence-corrected chi connectivity index (χ2v) is 5.63. The summed E-state index contributed by atoms with van der Waals surface area (Å²) >= 11 is 0. The van der Waals surface area contributed by atoms with E-state index in [9.17, 15) is 9.59 Å². The summed E-state index contributed by atoms with van der Waals surface area (Å²) < 4.78 is 0. The number of hydrogen-bond donors (Lipinski definition) is 2. The molecule has 1 aromatic carbocycles. The van der Waals surface area contributed by atoms with Gasteiger partial charge in [-0.1, -0.05) is 18.2 Å². The van der Waals surface area contributed by atoms with Crippen molar-refractivity contribution in [3.63, 3.8) is 0 Å². The molecule has 0 bridgehead atoms. The van der Waals surface area contributed by atoms with E-state index >= 15 is 0 Å². The van der Waals surface area contributed by atoms with Gasteiger partial charge >= 0.3 is 5.97 Å². The molecule has 114 valence electrons. The van der Waals surface area contributed by atoms with Crippen LogP contribution in [0.3, 0.4) is 0 Å². The molecule has 1 aromatic rings. The topological polar surface area (TPSA) is 83.6 Å². The predicted octanol–water partition coefficient (Wildman–Crippen LogP) is 1.91. The van der Waals surface area contributed by atoms with Gasteiger partial charge in [0.25, 0.3) is 0 Å². The molecule has 5 nitrogen and oxygen atoms in total. The molecule has 1 amide bonds. The standard InChI is InChI=1S/C16H22N2O3/c17-14-4-2-1-3-13(14)6-7-15(19)18-10-9-12(11-18)5-8-16(20)21/h1-4,12H,5-11,17H2,(H,20,21). The van der Waals surface area contributed by atoms with E-state index in [1.54, 1.807) is 0 Å². The average Bonchev–Trinajstić information content (AvgIpc) is 2.93. The fraction of sp³-hybridized carbons (Fsp3) is 0.500. The van der Waals surface area contributed by atoms with Crippen LogP contribution in [0.25, 0.3) is 0 Å². The van der Waals surface area contributed by atoms with Gasteiger partial charge in [0.15, 0.2) is 0 Å². The quantitative estimate of drug-likeness (QED) is 0.784. The first kappa shape index (κ1) is 15.4. The number of anilines is 1. The molecule has 21 heavy (non-hydrogen) atoms. The molecular weight excluding hydrogens is 268 g/mol. The lowest BCUT2D eigenvalue weighted by Gasteiger charge is -2.16. The first-order valence-corrected chi connectivity index (χ1v) is 7.39. The van der Waals surface area contributed by atoms with E-state index in [0.717, 1.165) is 24.2 Å². The number of carboxylic acids is 1. The van der Waals surface area contributed by atoms with Gasteiger partial charge in [-0.2, -0.15) is 0 Å². The molecule has 1 unspecified atom stereocenters. The summed E-state index contributed by atoms with van der Waals surface area (Å²) in [5, 5.41) is 8.69. The zero-order valence-electron chi connectivity index (χ0n) is 12.1. The summed E-state index contributed by atoms with van der Waals surface area (Å²) in [5.74, 6) is -0.303. The van der Waals surface area contributed by atoms with E-state index in [2.05, 4.69) is 0 Å². The van der Waals surface area contributed by atoms with Gasteiger partial charge in [-0.05, 0) is 36.8 Å². The molecule has 3 N–H and O–H groups in total. The molecule has 0 radical (unpaired) electrons. The molecule has 1 fully saturated rings. The van der Waals surface area contributed by atoms with Crippen molar-refractivity contribution in [2.45, 2.75) is 32.1 Å². The average molecular weight is 290 g/mol. The van der Waals surface area contributed by atoms with E-state index in [4.69, 9.17) is 10.8 Å². The van der Waals surface area contributed by atoms with Crippen LogP contribution in [0, 0.1) is 5.92 Å². The fourth-order valence-electron chi connectivity index (χ4n) is 2.78. The number of likely N-dealkylation sites (tertiary alicyclic amines) is 1. The summed E-state index contributed by atoms with van der Waals surface area (Å²) in [6.07, 6.45) is 2.87. The highest BCUT2D eigenvalue weighted by Gasteiger charge is 2.26. The van der Waals surface area contributed by atoms with Gasteiger partial charge in [-0.15, -0.1) is 0 Å². The monoisotopic (exact) mass is 290 g/mol. The molecule has 1 atom stereocenters.